The molecule has 0 amide bonds. The van der Waals surface area contributed by atoms with E-state index >= 15 is 0 Å². The van der Waals surface area contributed by atoms with Gasteiger partial charge in [-0.1, -0.05) is 84.9 Å². The first-order chi connectivity index (χ1) is 20.8. The van der Waals surface area contributed by atoms with Crippen molar-refractivity contribution < 1.29 is 9.47 Å². The van der Waals surface area contributed by atoms with Crippen LogP contribution >= 0.6 is 0 Å². The molecule has 2 heterocycles. The van der Waals surface area contributed by atoms with E-state index in [0.717, 1.165) is 50.3 Å². The zero-order valence-corrected chi connectivity index (χ0v) is 23.9. The first-order valence-electron chi connectivity index (χ1n) is 14.9. The summed E-state index contributed by atoms with van der Waals surface area (Å²) < 4.78 is 11.9. The molecule has 0 atom stereocenters. The molecule has 5 aromatic rings. The third-order valence-electron chi connectivity index (χ3n) is 8.45. The van der Waals surface area contributed by atoms with Crippen LogP contribution in [0.5, 0.6) is 11.5 Å². The summed E-state index contributed by atoms with van der Waals surface area (Å²) in [5.74, 6) is 2.00. The van der Waals surface area contributed by atoms with Crippen LogP contribution in [0, 0.1) is 0 Å². The number of nitrogens with zero attached hydrogens (tertiary/aromatic N) is 2. The molecule has 0 unspecified atom stereocenters. The largest absolute Gasteiger partial charge is 0.473 e. The van der Waals surface area contributed by atoms with Crippen LogP contribution in [-0.2, 0) is 38.8 Å². The van der Waals surface area contributed by atoms with Gasteiger partial charge in [-0.2, -0.15) is 0 Å². The normalized spacial score (nSPS) is 14.0. The van der Waals surface area contributed by atoms with E-state index in [-0.39, 0.29) is 0 Å². The van der Waals surface area contributed by atoms with Gasteiger partial charge in [-0.3, -0.25) is 0 Å². The van der Waals surface area contributed by atoms with E-state index in [1.54, 1.807) is 0 Å². The standard InChI is InChI=1S/C38H36N2O2/c1-3-7-37-33(5-1)25-39(27-41-37)35-21-17-31(18-22-35)15-13-29-9-11-30(12-10-29)14-16-32-19-23-36(24-20-32)40-26-34-6-2-4-8-38(34)42-28-40/h1-12,17-24H,13-16,25-28H2. The number of rotatable bonds is 8. The molecular formula is C38H36N2O2. The second-order valence-electron chi connectivity index (χ2n) is 11.3. The molecule has 0 saturated carbocycles. The van der Waals surface area contributed by atoms with E-state index in [9.17, 15) is 0 Å². The Morgan fingerprint density at radius 2 is 0.738 bits per heavy atom. The first kappa shape index (κ1) is 26.2. The Kier molecular flexibility index (Phi) is 7.51. The van der Waals surface area contributed by atoms with Gasteiger partial charge in [0, 0.05) is 35.6 Å². The molecule has 0 saturated heterocycles. The molecule has 0 fully saturated rings. The Morgan fingerprint density at radius 3 is 1.12 bits per heavy atom. The van der Waals surface area contributed by atoms with Gasteiger partial charge in [-0.05, 0) is 84.3 Å². The van der Waals surface area contributed by atoms with Gasteiger partial charge < -0.3 is 19.3 Å². The summed E-state index contributed by atoms with van der Waals surface area (Å²) in [7, 11) is 0. The predicted molar refractivity (Wildman–Crippen MR) is 170 cm³/mol. The van der Waals surface area contributed by atoms with Crippen LogP contribution in [0.3, 0.4) is 0 Å². The number of fused-ring (bicyclic) bond motifs is 2. The minimum absolute atomic E-state index is 0.595. The van der Waals surface area contributed by atoms with Crippen molar-refractivity contribution in [3.63, 3.8) is 0 Å². The predicted octanol–water partition coefficient (Wildman–Crippen LogP) is 7.97. The highest BCUT2D eigenvalue weighted by Crippen LogP contribution is 2.29. The molecule has 42 heavy (non-hydrogen) atoms. The number of hydrogen-bond acceptors (Lipinski definition) is 4. The number of anilines is 2. The van der Waals surface area contributed by atoms with E-state index in [1.165, 1.54) is 44.8 Å². The zero-order chi connectivity index (χ0) is 28.1. The van der Waals surface area contributed by atoms with Gasteiger partial charge in [0.1, 0.15) is 11.5 Å². The van der Waals surface area contributed by atoms with Crippen LogP contribution in [0.25, 0.3) is 0 Å². The molecular weight excluding hydrogens is 516 g/mol. The lowest BCUT2D eigenvalue weighted by Crippen LogP contribution is -2.31. The fourth-order valence-corrected chi connectivity index (χ4v) is 5.88. The fraction of sp³-hybridized carbons (Fsp3) is 0.211. The quantitative estimate of drug-likeness (QED) is 0.195. The Bertz CT molecular complexity index is 1500. The molecule has 2 aliphatic rings. The van der Waals surface area contributed by atoms with Gasteiger partial charge in [0.25, 0.3) is 0 Å². The number of hydrogen-bond donors (Lipinski definition) is 0. The van der Waals surface area contributed by atoms with Crippen LogP contribution in [0.15, 0.2) is 121 Å². The second kappa shape index (κ2) is 12.0. The topological polar surface area (TPSA) is 24.9 Å². The third-order valence-corrected chi connectivity index (χ3v) is 8.45. The molecule has 0 radical (unpaired) electrons. The lowest BCUT2D eigenvalue weighted by Gasteiger charge is -2.30. The Hall–Kier alpha value is -4.70. The lowest BCUT2D eigenvalue weighted by atomic mass is 10.00. The summed E-state index contributed by atoms with van der Waals surface area (Å²) >= 11 is 0. The first-order valence-corrected chi connectivity index (χ1v) is 14.9. The fourth-order valence-electron chi connectivity index (χ4n) is 5.88. The Balaban J connectivity index is 0.878. The number of ether oxygens (including phenoxy) is 2. The highest BCUT2D eigenvalue weighted by molar-refractivity contribution is 5.52. The Morgan fingerprint density at radius 1 is 0.405 bits per heavy atom. The zero-order valence-electron chi connectivity index (χ0n) is 23.9. The van der Waals surface area contributed by atoms with Crippen LogP contribution in [-0.4, -0.2) is 13.5 Å². The molecule has 4 heteroatoms. The number of para-hydroxylation sites is 2. The van der Waals surface area contributed by atoms with Gasteiger partial charge in [0.05, 0.1) is 0 Å². The van der Waals surface area contributed by atoms with Crippen molar-refractivity contribution >= 4 is 11.4 Å². The number of benzene rings is 5. The molecule has 0 spiro atoms. The highest BCUT2D eigenvalue weighted by atomic mass is 16.5. The van der Waals surface area contributed by atoms with Crippen molar-refractivity contribution in [3.05, 3.63) is 155 Å². The second-order valence-corrected chi connectivity index (χ2v) is 11.3. The van der Waals surface area contributed by atoms with Crippen molar-refractivity contribution in [1.29, 1.82) is 0 Å². The SMILES string of the molecule is c1ccc2c(c1)CN(c1ccc(CCc3ccc(CCc4ccc(N5COc6ccccc6C5)cc4)cc3)cc1)CO2. The highest BCUT2D eigenvalue weighted by Gasteiger charge is 2.18. The summed E-state index contributed by atoms with van der Waals surface area (Å²) in [5, 5.41) is 0. The van der Waals surface area contributed by atoms with E-state index < -0.39 is 0 Å². The van der Waals surface area contributed by atoms with Crippen LogP contribution in [0.2, 0.25) is 0 Å². The Labute approximate surface area is 248 Å². The van der Waals surface area contributed by atoms with E-state index in [4.69, 9.17) is 9.47 Å². The lowest BCUT2D eigenvalue weighted by molar-refractivity contribution is 0.289. The van der Waals surface area contributed by atoms with Gasteiger partial charge in [0.15, 0.2) is 13.5 Å². The van der Waals surface area contributed by atoms with Crippen LogP contribution in [0.4, 0.5) is 11.4 Å². The molecule has 0 aliphatic carbocycles. The smallest absolute Gasteiger partial charge is 0.161 e. The summed E-state index contributed by atoms with van der Waals surface area (Å²) in [6, 6.07) is 43.7. The van der Waals surface area contributed by atoms with Crippen molar-refractivity contribution in [2.24, 2.45) is 0 Å². The molecule has 0 aromatic heterocycles. The van der Waals surface area contributed by atoms with Crippen LogP contribution in [0.1, 0.15) is 33.4 Å². The summed E-state index contributed by atoms with van der Waals surface area (Å²) in [4.78, 5) is 4.56. The molecule has 0 bridgehead atoms. The van der Waals surface area contributed by atoms with Gasteiger partial charge in [0.2, 0.25) is 0 Å². The average Bonchev–Trinajstić information content (AvgIpc) is 3.07. The average molecular weight is 553 g/mol. The van der Waals surface area contributed by atoms with E-state index in [0.29, 0.717) is 13.5 Å². The minimum Gasteiger partial charge on any atom is -0.473 e. The van der Waals surface area contributed by atoms with Crippen molar-refractivity contribution in [3.8, 4) is 11.5 Å². The maximum atomic E-state index is 5.94. The summed E-state index contributed by atoms with van der Waals surface area (Å²) in [6.07, 6.45) is 4.18. The molecule has 7 rings (SSSR count). The van der Waals surface area contributed by atoms with Gasteiger partial charge in [-0.25, -0.2) is 0 Å². The van der Waals surface area contributed by atoms with Gasteiger partial charge >= 0.3 is 0 Å². The molecule has 4 nitrogen and oxygen atoms in total. The molecule has 0 N–H and O–H groups in total. The molecule has 5 aromatic carbocycles. The van der Waals surface area contributed by atoms with Crippen molar-refractivity contribution in [2.45, 2.75) is 38.8 Å². The maximum Gasteiger partial charge on any atom is 0.161 e. The molecule has 210 valence electrons. The van der Waals surface area contributed by atoms with Crippen LogP contribution < -0.4 is 19.3 Å². The molecule has 2 aliphatic heterocycles. The number of aryl methyl sites for hydroxylation is 4. The monoisotopic (exact) mass is 552 g/mol. The summed E-state index contributed by atoms with van der Waals surface area (Å²) in [5.41, 5.74) is 10.4. The van der Waals surface area contributed by atoms with Gasteiger partial charge in [-0.15, -0.1) is 0 Å². The van der Waals surface area contributed by atoms with E-state index in [2.05, 4.69) is 107 Å². The van der Waals surface area contributed by atoms with Crippen molar-refractivity contribution in [2.75, 3.05) is 23.3 Å². The van der Waals surface area contributed by atoms with E-state index in [1.807, 2.05) is 24.3 Å². The summed E-state index contributed by atoms with van der Waals surface area (Å²) in [6.45, 7) is 2.96. The maximum absolute atomic E-state index is 5.94. The minimum atomic E-state index is 0.595. The third kappa shape index (κ3) is 5.99. The van der Waals surface area contributed by atoms with Crippen molar-refractivity contribution in [1.82, 2.24) is 0 Å².